The molecule has 4 aromatic rings. The number of rotatable bonds is 4. The summed E-state index contributed by atoms with van der Waals surface area (Å²) < 4.78 is 5.16. The Balaban J connectivity index is 1.57. The van der Waals surface area contributed by atoms with Gasteiger partial charge in [-0.05, 0) is 23.6 Å². The quantitative estimate of drug-likeness (QED) is 0.409. The zero-order valence-corrected chi connectivity index (χ0v) is 14.4. The lowest BCUT2D eigenvalue weighted by Crippen LogP contribution is -2.23. The van der Waals surface area contributed by atoms with Gasteiger partial charge < -0.3 is 0 Å². The van der Waals surface area contributed by atoms with Crippen molar-refractivity contribution in [3.8, 4) is 0 Å². The van der Waals surface area contributed by atoms with Gasteiger partial charge in [-0.3, -0.25) is 13.8 Å². The van der Waals surface area contributed by atoms with E-state index in [-0.39, 0.29) is 11.2 Å². The molecule has 4 aromatic heterocycles. The summed E-state index contributed by atoms with van der Waals surface area (Å²) in [4.78, 5) is 29.0. The van der Waals surface area contributed by atoms with Crippen molar-refractivity contribution in [3.63, 3.8) is 0 Å². The van der Waals surface area contributed by atoms with E-state index in [0.717, 1.165) is 5.52 Å². The number of nitrogens with zero attached hydrogens (tertiary/aromatic N) is 5. The fourth-order valence-corrected chi connectivity index (χ4v) is 4.13. The van der Waals surface area contributed by atoms with Gasteiger partial charge in [-0.2, -0.15) is 0 Å². The van der Waals surface area contributed by atoms with Gasteiger partial charge in [-0.25, -0.2) is 14.5 Å². The van der Waals surface area contributed by atoms with Crippen LogP contribution in [0.5, 0.6) is 0 Å². The van der Waals surface area contributed by atoms with Crippen molar-refractivity contribution in [2.45, 2.75) is 11.7 Å². The molecule has 0 bridgehead atoms. The van der Waals surface area contributed by atoms with Crippen molar-refractivity contribution in [2.75, 3.05) is 5.75 Å². The number of pyridine rings is 1. The van der Waals surface area contributed by atoms with Gasteiger partial charge >= 0.3 is 5.69 Å². The van der Waals surface area contributed by atoms with Crippen LogP contribution < -0.4 is 11.2 Å². The molecule has 0 aliphatic rings. The van der Waals surface area contributed by atoms with Crippen LogP contribution in [0.3, 0.4) is 0 Å². The van der Waals surface area contributed by atoms with Gasteiger partial charge in [0, 0.05) is 19.0 Å². The molecular formula is C15H13N5O2S2. The van der Waals surface area contributed by atoms with E-state index in [2.05, 4.69) is 10.1 Å². The Bertz CT molecular complexity index is 1150. The zero-order chi connectivity index (χ0) is 16.7. The number of aromatic nitrogens is 5. The summed E-state index contributed by atoms with van der Waals surface area (Å²) in [5, 5.41) is 6.80. The van der Waals surface area contributed by atoms with Gasteiger partial charge in [0.15, 0.2) is 10.8 Å². The van der Waals surface area contributed by atoms with Gasteiger partial charge in [0.05, 0.1) is 12.1 Å². The molecule has 0 aliphatic carbocycles. The highest BCUT2D eigenvalue weighted by Crippen LogP contribution is 2.20. The fourth-order valence-electron chi connectivity index (χ4n) is 2.43. The number of hydrogen-bond acceptors (Lipinski definition) is 6. The van der Waals surface area contributed by atoms with Crippen LogP contribution in [0, 0.1) is 0 Å². The molecule has 0 saturated heterocycles. The molecule has 122 valence electrons. The Hall–Kier alpha value is -2.39. The van der Waals surface area contributed by atoms with Gasteiger partial charge in [-0.15, -0.1) is 16.4 Å². The molecule has 0 amide bonds. The van der Waals surface area contributed by atoms with E-state index in [9.17, 15) is 9.59 Å². The Morgan fingerprint density at radius 3 is 2.96 bits per heavy atom. The smallest absolute Gasteiger partial charge is 0.290 e. The number of fused-ring (bicyclic) bond motifs is 2. The molecule has 0 aromatic carbocycles. The van der Waals surface area contributed by atoms with Crippen molar-refractivity contribution >= 4 is 39.0 Å². The third kappa shape index (κ3) is 2.45. The Kier molecular flexibility index (Phi) is 3.73. The number of thiophene rings is 1. The van der Waals surface area contributed by atoms with E-state index in [1.807, 2.05) is 17.5 Å². The minimum Gasteiger partial charge on any atom is -0.290 e. The molecule has 24 heavy (non-hydrogen) atoms. The summed E-state index contributed by atoms with van der Waals surface area (Å²) in [5.41, 5.74) is 1.14. The molecule has 4 rings (SSSR count). The molecule has 0 N–H and O–H groups in total. The van der Waals surface area contributed by atoms with Crippen molar-refractivity contribution in [1.82, 2.24) is 23.7 Å². The summed E-state index contributed by atoms with van der Waals surface area (Å²) in [6, 6.07) is 7.28. The Labute approximate surface area is 144 Å². The van der Waals surface area contributed by atoms with Gasteiger partial charge in [-0.1, -0.05) is 17.8 Å². The standard InChI is InChI=1S/C15H13N5O2S2/c1-18-13(21)12-10(5-8-23-12)16-14(18)24-9-7-20-15(22)19-6-3-2-4-11(19)17-20/h2-6,8H,7,9H2,1H3. The highest BCUT2D eigenvalue weighted by Gasteiger charge is 2.11. The Morgan fingerprint density at radius 1 is 1.25 bits per heavy atom. The highest BCUT2D eigenvalue weighted by atomic mass is 32.2. The van der Waals surface area contributed by atoms with Crippen molar-refractivity contribution in [2.24, 2.45) is 7.05 Å². The van der Waals surface area contributed by atoms with E-state index in [1.165, 1.54) is 32.2 Å². The largest absolute Gasteiger partial charge is 0.350 e. The summed E-state index contributed by atoms with van der Waals surface area (Å²) in [5.74, 6) is 0.597. The minimum atomic E-state index is -0.165. The monoisotopic (exact) mass is 359 g/mol. The van der Waals surface area contributed by atoms with Gasteiger partial charge in [0.1, 0.15) is 4.70 Å². The second-order valence-corrected chi connectivity index (χ2v) is 7.15. The van der Waals surface area contributed by atoms with E-state index in [1.54, 1.807) is 29.9 Å². The first-order chi connectivity index (χ1) is 11.6. The first kappa shape index (κ1) is 15.2. The molecule has 4 heterocycles. The van der Waals surface area contributed by atoms with E-state index in [4.69, 9.17) is 0 Å². The van der Waals surface area contributed by atoms with Gasteiger partial charge in [0.25, 0.3) is 5.56 Å². The molecule has 7 nitrogen and oxygen atoms in total. The van der Waals surface area contributed by atoms with Crippen molar-refractivity contribution in [1.29, 1.82) is 0 Å². The highest BCUT2D eigenvalue weighted by molar-refractivity contribution is 7.99. The predicted octanol–water partition coefficient (Wildman–Crippen LogP) is 1.60. The van der Waals surface area contributed by atoms with Crippen LogP contribution in [0.2, 0.25) is 0 Å². The lowest BCUT2D eigenvalue weighted by Gasteiger charge is -2.06. The number of thioether (sulfide) groups is 1. The maximum Gasteiger partial charge on any atom is 0.350 e. The third-order valence-electron chi connectivity index (χ3n) is 3.67. The first-order valence-electron chi connectivity index (χ1n) is 7.26. The SMILES string of the molecule is Cn1c(SCCn2nc3ccccn3c2=O)nc2ccsc2c1=O. The summed E-state index contributed by atoms with van der Waals surface area (Å²) in [7, 11) is 1.72. The maximum atomic E-state index is 12.3. The van der Waals surface area contributed by atoms with Crippen LogP contribution in [-0.4, -0.2) is 29.5 Å². The van der Waals surface area contributed by atoms with Crippen LogP contribution >= 0.6 is 23.1 Å². The van der Waals surface area contributed by atoms with Crippen molar-refractivity contribution < 1.29 is 0 Å². The average molecular weight is 359 g/mol. The van der Waals surface area contributed by atoms with Crippen LogP contribution in [0.15, 0.2) is 50.6 Å². The van der Waals surface area contributed by atoms with Gasteiger partial charge in [0.2, 0.25) is 0 Å². The van der Waals surface area contributed by atoms with E-state index >= 15 is 0 Å². The molecule has 0 unspecified atom stereocenters. The fraction of sp³-hybridized carbons (Fsp3) is 0.200. The molecule has 9 heteroatoms. The minimum absolute atomic E-state index is 0.0394. The number of aryl methyl sites for hydroxylation is 1. The topological polar surface area (TPSA) is 74.2 Å². The summed E-state index contributed by atoms with van der Waals surface area (Å²) in [6.07, 6.45) is 1.70. The summed E-state index contributed by atoms with van der Waals surface area (Å²) in [6.45, 7) is 0.447. The van der Waals surface area contributed by atoms with Crippen LogP contribution in [0.25, 0.3) is 15.9 Å². The molecular weight excluding hydrogens is 346 g/mol. The molecule has 0 aliphatic heterocycles. The molecule has 0 fully saturated rings. The van der Waals surface area contributed by atoms with Crippen LogP contribution in [0.4, 0.5) is 0 Å². The number of hydrogen-bond donors (Lipinski definition) is 0. The van der Waals surface area contributed by atoms with E-state index < -0.39 is 0 Å². The molecule has 0 saturated carbocycles. The second-order valence-electron chi connectivity index (χ2n) is 5.18. The van der Waals surface area contributed by atoms with Crippen molar-refractivity contribution in [3.05, 3.63) is 56.7 Å². The molecule has 0 radical (unpaired) electrons. The lowest BCUT2D eigenvalue weighted by molar-refractivity contribution is 0.637. The third-order valence-corrected chi connectivity index (χ3v) is 5.57. The predicted molar refractivity (Wildman–Crippen MR) is 95.0 cm³/mol. The normalized spacial score (nSPS) is 11.5. The second kappa shape index (κ2) is 5.91. The average Bonchev–Trinajstić information content (AvgIpc) is 3.18. The van der Waals surface area contributed by atoms with Crippen LogP contribution in [0.1, 0.15) is 0 Å². The summed E-state index contributed by atoms with van der Waals surface area (Å²) >= 11 is 2.84. The lowest BCUT2D eigenvalue weighted by atomic mass is 10.5. The zero-order valence-electron chi connectivity index (χ0n) is 12.7. The first-order valence-corrected chi connectivity index (χ1v) is 9.13. The Morgan fingerprint density at radius 2 is 2.12 bits per heavy atom. The van der Waals surface area contributed by atoms with Crippen LogP contribution in [-0.2, 0) is 13.6 Å². The molecule has 0 spiro atoms. The van der Waals surface area contributed by atoms with E-state index in [0.29, 0.717) is 27.8 Å². The maximum absolute atomic E-state index is 12.3. The molecule has 0 atom stereocenters.